The van der Waals surface area contributed by atoms with Crippen LogP contribution in [0, 0.1) is 5.92 Å². The fourth-order valence-electron chi connectivity index (χ4n) is 9.34. The Kier molecular flexibility index (Phi) is 5.92. The molecule has 0 N–H and O–H groups in total. The van der Waals surface area contributed by atoms with E-state index in [-0.39, 0.29) is 11.8 Å². The highest BCUT2D eigenvalue weighted by atomic mass is 16.5. The summed E-state index contributed by atoms with van der Waals surface area (Å²) in [5.41, 5.74) is 12.3. The average molecular weight is 653 g/mol. The molecule has 0 bridgehead atoms. The number of allylic oxidation sites excluding steroid dienone is 4. The molecule has 2 aromatic heterocycles. The number of para-hydroxylation sites is 1. The molecule has 6 aromatic carbocycles. The summed E-state index contributed by atoms with van der Waals surface area (Å²) in [5, 5.41) is 4.58. The van der Waals surface area contributed by atoms with Crippen LogP contribution in [0.3, 0.4) is 0 Å². The summed E-state index contributed by atoms with van der Waals surface area (Å²) in [4.78, 5) is 9.97. The first-order chi connectivity index (χ1) is 25.2. The van der Waals surface area contributed by atoms with Gasteiger partial charge in [0.15, 0.2) is 0 Å². The van der Waals surface area contributed by atoms with E-state index in [1.807, 2.05) is 12.3 Å². The minimum absolute atomic E-state index is 0.00631. The maximum atomic E-state index is 7.15. The quantitative estimate of drug-likeness (QED) is 0.174. The molecule has 2 unspecified atom stereocenters. The molecule has 2 aliphatic carbocycles. The summed E-state index contributed by atoms with van der Waals surface area (Å²) in [6.45, 7) is 2.32. The van der Waals surface area contributed by atoms with Gasteiger partial charge in [0.2, 0.25) is 0 Å². The number of benzene rings is 6. The molecule has 0 saturated carbocycles. The van der Waals surface area contributed by atoms with Crippen LogP contribution in [0.25, 0.3) is 55.0 Å². The maximum absolute atomic E-state index is 7.15. The number of rotatable bonds is 2. The third kappa shape index (κ3) is 3.83. The van der Waals surface area contributed by atoms with Gasteiger partial charge in [-0.2, -0.15) is 0 Å². The Labute approximate surface area is 296 Å². The smallest absolute Gasteiger partial charge is 0.131 e. The molecule has 3 nitrogen and oxygen atoms in total. The van der Waals surface area contributed by atoms with Gasteiger partial charge in [-0.3, -0.25) is 4.98 Å². The predicted molar refractivity (Wildman–Crippen MR) is 207 cm³/mol. The Morgan fingerprint density at radius 2 is 1.24 bits per heavy atom. The summed E-state index contributed by atoms with van der Waals surface area (Å²) >= 11 is 0. The van der Waals surface area contributed by atoms with Crippen LogP contribution in [-0.4, -0.2) is 9.97 Å². The van der Waals surface area contributed by atoms with Crippen LogP contribution in [0.5, 0.6) is 5.75 Å². The van der Waals surface area contributed by atoms with E-state index >= 15 is 0 Å². The zero-order chi connectivity index (χ0) is 33.7. The van der Waals surface area contributed by atoms with Crippen molar-refractivity contribution in [3.8, 4) is 28.1 Å². The summed E-state index contributed by atoms with van der Waals surface area (Å²) in [6, 6.07) is 52.6. The van der Waals surface area contributed by atoms with E-state index in [1.54, 1.807) is 0 Å². The van der Waals surface area contributed by atoms with Gasteiger partial charge in [-0.15, -0.1) is 0 Å². The minimum atomic E-state index is -0.478. The molecule has 1 aliphatic heterocycles. The first-order valence-electron chi connectivity index (χ1n) is 17.8. The molecular weight excluding hydrogens is 621 g/mol. The number of fused-ring (bicyclic) bond motifs is 12. The molecule has 1 spiro atoms. The molecule has 3 heterocycles. The molecule has 240 valence electrons. The van der Waals surface area contributed by atoms with Gasteiger partial charge >= 0.3 is 0 Å². The van der Waals surface area contributed by atoms with Crippen molar-refractivity contribution in [3.05, 3.63) is 198 Å². The number of hydrogen-bond acceptors (Lipinski definition) is 3. The SMILES string of the molecule is CC1C=CC2=C(Oc3ccccc3C23c2ccccc2-c2ccccc23)C1c1ccc(-c2ccc3ccc4cccnc4c3n2)c2ccccc12. The van der Waals surface area contributed by atoms with Crippen molar-refractivity contribution in [2.24, 2.45) is 5.92 Å². The lowest BCUT2D eigenvalue weighted by Gasteiger charge is -2.44. The minimum Gasteiger partial charge on any atom is -0.460 e. The van der Waals surface area contributed by atoms with Crippen LogP contribution in [0.15, 0.2) is 175 Å². The molecule has 3 heteroatoms. The highest BCUT2D eigenvalue weighted by molar-refractivity contribution is 6.05. The van der Waals surface area contributed by atoms with E-state index < -0.39 is 5.41 Å². The first-order valence-corrected chi connectivity index (χ1v) is 17.8. The molecule has 0 saturated heterocycles. The lowest BCUT2D eigenvalue weighted by molar-refractivity contribution is 0.324. The van der Waals surface area contributed by atoms with Gasteiger partial charge in [0.05, 0.1) is 22.1 Å². The number of hydrogen-bond donors (Lipinski definition) is 0. The topological polar surface area (TPSA) is 35.0 Å². The van der Waals surface area contributed by atoms with Crippen molar-refractivity contribution in [3.63, 3.8) is 0 Å². The first kappa shape index (κ1) is 28.5. The molecule has 0 amide bonds. The Morgan fingerprint density at radius 3 is 2.04 bits per heavy atom. The number of pyridine rings is 2. The van der Waals surface area contributed by atoms with Crippen LogP contribution in [0.4, 0.5) is 0 Å². The van der Waals surface area contributed by atoms with Crippen molar-refractivity contribution < 1.29 is 4.74 Å². The van der Waals surface area contributed by atoms with Gasteiger partial charge < -0.3 is 4.74 Å². The fraction of sp³-hybridized carbons (Fsp3) is 0.0833. The zero-order valence-electron chi connectivity index (χ0n) is 28.0. The molecule has 3 aliphatic rings. The third-order valence-electron chi connectivity index (χ3n) is 11.5. The number of ether oxygens (including phenoxy) is 1. The summed E-state index contributed by atoms with van der Waals surface area (Å²) in [7, 11) is 0. The monoisotopic (exact) mass is 652 g/mol. The summed E-state index contributed by atoms with van der Waals surface area (Å²) < 4.78 is 7.15. The molecule has 11 rings (SSSR count). The fourth-order valence-corrected chi connectivity index (χ4v) is 9.34. The Bertz CT molecular complexity index is 2780. The van der Waals surface area contributed by atoms with Gasteiger partial charge in [-0.05, 0) is 62.7 Å². The van der Waals surface area contributed by atoms with E-state index in [1.165, 1.54) is 49.7 Å². The third-order valence-corrected chi connectivity index (χ3v) is 11.5. The van der Waals surface area contributed by atoms with Gasteiger partial charge in [0, 0.05) is 39.6 Å². The predicted octanol–water partition coefficient (Wildman–Crippen LogP) is 11.6. The van der Waals surface area contributed by atoms with Crippen LogP contribution in [0.1, 0.15) is 35.1 Å². The maximum Gasteiger partial charge on any atom is 0.131 e. The number of nitrogens with zero attached hydrogens (tertiary/aromatic N) is 2. The summed E-state index contributed by atoms with van der Waals surface area (Å²) in [6.07, 6.45) is 6.61. The van der Waals surface area contributed by atoms with Crippen molar-refractivity contribution in [1.82, 2.24) is 9.97 Å². The Hall–Kier alpha value is -6.32. The highest BCUT2D eigenvalue weighted by Gasteiger charge is 2.53. The molecule has 0 fully saturated rings. The van der Waals surface area contributed by atoms with Gasteiger partial charge in [-0.1, -0.05) is 146 Å². The second-order valence-electron chi connectivity index (χ2n) is 14.1. The second kappa shape index (κ2) is 10.6. The lowest BCUT2D eigenvalue weighted by atomic mass is 9.62. The van der Waals surface area contributed by atoms with Crippen molar-refractivity contribution in [2.45, 2.75) is 18.3 Å². The second-order valence-corrected chi connectivity index (χ2v) is 14.1. The van der Waals surface area contributed by atoms with Gasteiger partial charge in [0.1, 0.15) is 11.5 Å². The van der Waals surface area contributed by atoms with E-state index in [0.29, 0.717) is 0 Å². The van der Waals surface area contributed by atoms with Gasteiger partial charge in [0.25, 0.3) is 0 Å². The molecule has 51 heavy (non-hydrogen) atoms. The Morgan fingerprint density at radius 1 is 0.569 bits per heavy atom. The average Bonchev–Trinajstić information content (AvgIpc) is 3.48. The lowest BCUT2D eigenvalue weighted by Crippen LogP contribution is -2.37. The van der Waals surface area contributed by atoms with E-state index in [9.17, 15) is 0 Å². The number of aromatic nitrogens is 2. The van der Waals surface area contributed by atoms with Crippen LogP contribution in [0.2, 0.25) is 0 Å². The van der Waals surface area contributed by atoms with Crippen LogP contribution >= 0.6 is 0 Å². The van der Waals surface area contributed by atoms with E-state index in [4.69, 9.17) is 14.7 Å². The molecule has 0 radical (unpaired) electrons. The largest absolute Gasteiger partial charge is 0.460 e. The van der Waals surface area contributed by atoms with Crippen molar-refractivity contribution >= 4 is 32.6 Å². The zero-order valence-corrected chi connectivity index (χ0v) is 28.0. The van der Waals surface area contributed by atoms with E-state index in [0.717, 1.165) is 44.6 Å². The van der Waals surface area contributed by atoms with E-state index in [2.05, 4.69) is 159 Å². The normalized spacial score (nSPS) is 18.1. The highest BCUT2D eigenvalue weighted by Crippen LogP contribution is 2.63. The molecule has 2 atom stereocenters. The summed E-state index contributed by atoms with van der Waals surface area (Å²) in [5.74, 6) is 2.18. The van der Waals surface area contributed by atoms with Crippen molar-refractivity contribution in [2.75, 3.05) is 0 Å². The standard InChI is InChI=1S/C48H32N2O/c1-29-20-26-41-47(51-43-19-9-8-18-40(43)48(41)38-16-6-4-14-34(38)35-15-5-7-17-39(35)48)44(29)37-25-24-36(32-12-2-3-13-33(32)37)42-27-23-31-22-21-30-11-10-28-49-45(30)46(31)50-42/h2-29,44H,1H3. The van der Waals surface area contributed by atoms with Crippen molar-refractivity contribution in [1.29, 1.82) is 0 Å². The molecular formula is C48H32N2O. The molecule has 8 aromatic rings. The van der Waals surface area contributed by atoms with Crippen LogP contribution in [-0.2, 0) is 5.41 Å². The Balaban J connectivity index is 1.15. The van der Waals surface area contributed by atoms with Crippen LogP contribution < -0.4 is 4.74 Å². The van der Waals surface area contributed by atoms with Gasteiger partial charge in [-0.25, -0.2) is 4.98 Å².